The number of carbonyl (C=O) groups is 2. The number of fused-ring (bicyclic) bond motifs is 1. The number of carbonyl (C=O) groups excluding carboxylic acids is 2. The van der Waals surface area contributed by atoms with Crippen LogP contribution in [0.15, 0.2) is 77.8 Å². The van der Waals surface area contributed by atoms with Crippen molar-refractivity contribution in [1.29, 1.82) is 0 Å². The van der Waals surface area contributed by atoms with Crippen LogP contribution in [0.4, 0.5) is 11.4 Å². The Balaban J connectivity index is 1.74. The lowest BCUT2D eigenvalue weighted by Gasteiger charge is -2.30. The SMILES string of the molecule is CC(Nc1ccccc1)C(=O)N(C)C(CCCN=C(N)N)C(=O)Nc1ccc2ccccc2c1. The lowest BCUT2D eigenvalue weighted by Crippen LogP contribution is -2.49. The van der Waals surface area contributed by atoms with Gasteiger partial charge in [0.1, 0.15) is 12.1 Å². The van der Waals surface area contributed by atoms with Crippen molar-refractivity contribution in [2.75, 3.05) is 24.2 Å². The van der Waals surface area contributed by atoms with Crippen LogP contribution in [-0.2, 0) is 9.59 Å². The molecule has 0 fully saturated rings. The van der Waals surface area contributed by atoms with E-state index in [1.165, 1.54) is 4.90 Å². The minimum atomic E-state index is -0.687. The summed E-state index contributed by atoms with van der Waals surface area (Å²) in [6, 6.07) is 22.0. The van der Waals surface area contributed by atoms with E-state index in [9.17, 15) is 9.59 Å². The molecule has 8 nitrogen and oxygen atoms in total. The number of nitrogens with two attached hydrogens (primary N) is 2. The zero-order valence-corrected chi connectivity index (χ0v) is 19.6. The van der Waals surface area contributed by atoms with E-state index in [-0.39, 0.29) is 17.8 Å². The van der Waals surface area contributed by atoms with E-state index in [2.05, 4.69) is 15.6 Å². The Kier molecular flexibility index (Phi) is 8.45. The van der Waals surface area contributed by atoms with E-state index in [1.54, 1.807) is 14.0 Å². The maximum absolute atomic E-state index is 13.3. The molecule has 178 valence electrons. The molecule has 6 N–H and O–H groups in total. The topological polar surface area (TPSA) is 126 Å². The Labute approximate surface area is 200 Å². The smallest absolute Gasteiger partial charge is 0.247 e. The van der Waals surface area contributed by atoms with E-state index in [1.807, 2.05) is 72.8 Å². The van der Waals surface area contributed by atoms with Crippen LogP contribution in [-0.4, -0.2) is 48.3 Å². The third-order valence-corrected chi connectivity index (χ3v) is 5.59. The van der Waals surface area contributed by atoms with Gasteiger partial charge in [-0.15, -0.1) is 0 Å². The highest BCUT2D eigenvalue weighted by Crippen LogP contribution is 2.20. The third-order valence-electron chi connectivity index (χ3n) is 5.59. The number of anilines is 2. The molecule has 8 heteroatoms. The van der Waals surface area contributed by atoms with E-state index in [4.69, 9.17) is 11.5 Å². The molecule has 0 aliphatic carbocycles. The van der Waals surface area contributed by atoms with Crippen LogP contribution >= 0.6 is 0 Å². The molecule has 0 saturated carbocycles. The lowest BCUT2D eigenvalue weighted by molar-refractivity contribution is -0.137. The summed E-state index contributed by atoms with van der Waals surface area (Å²) in [6.07, 6.45) is 0.961. The monoisotopic (exact) mass is 460 g/mol. The van der Waals surface area contributed by atoms with Crippen LogP contribution in [0.2, 0.25) is 0 Å². The van der Waals surface area contributed by atoms with Crippen molar-refractivity contribution in [1.82, 2.24) is 4.90 Å². The summed E-state index contributed by atoms with van der Waals surface area (Å²) in [4.78, 5) is 32.0. The first-order valence-electron chi connectivity index (χ1n) is 11.3. The molecule has 0 aliphatic rings. The van der Waals surface area contributed by atoms with Crippen LogP contribution < -0.4 is 22.1 Å². The van der Waals surface area contributed by atoms with Gasteiger partial charge in [0.15, 0.2) is 5.96 Å². The summed E-state index contributed by atoms with van der Waals surface area (Å²) in [5, 5.41) is 8.27. The van der Waals surface area contributed by atoms with Crippen LogP contribution in [0.5, 0.6) is 0 Å². The maximum atomic E-state index is 13.3. The number of hydrogen-bond donors (Lipinski definition) is 4. The van der Waals surface area contributed by atoms with Gasteiger partial charge in [-0.3, -0.25) is 14.6 Å². The lowest BCUT2D eigenvalue weighted by atomic mass is 10.1. The Morgan fingerprint density at radius 1 is 0.941 bits per heavy atom. The summed E-state index contributed by atoms with van der Waals surface area (Å²) in [6.45, 7) is 2.16. The van der Waals surface area contributed by atoms with Crippen molar-refractivity contribution in [2.24, 2.45) is 16.5 Å². The van der Waals surface area contributed by atoms with Crippen LogP contribution in [0.3, 0.4) is 0 Å². The zero-order valence-electron chi connectivity index (χ0n) is 19.6. The highest BCUT2D eigenvalue weighted by atomic mass is 16.2. The molecule has 0 bridgehead atoms. The first-order chi connectivity index (χ1) is 16.3. The summed E-state index contributed by atoms with van der Waals surface area (Å²) in [7, 11) is 1.65. The molecule has 0 heterocycles. The summed E-state index contributed by atoms with van der Waals surface area (Å²) >= 11 is 0. The highest BCUT2D eigenvalue weighted by molar-refractivity contribution is 5.99. The molecule has 0 radical (unpaired) electrons. The number of para-hydroxylation sites is 1. The second-order valence-corrected chi connectivity index (χ2v) is 8.20. The minimum Gasteiger partial charge on any atom is -0.374 e. The molecule has 0 spiro atoms. The Morgan fingerprint density at radius 3 is 2.32 bits per heavy atom. The first kappa shape index (κ1) is 24.6. The molecule has 0 aromatic heterocycles. The van der Waals surface area contributed by atoms with Crippen LogP contribution in [0.1, 0.15) is 19.8 Å². The predicted molar refractivity (Wildman–Crippen MR) is 139 cm³/mol. The van der Waals surface area contributed by atoms with Crippen molar-refractivity contribution in [3.63, 3.8) is 0 Å². The Morgan fingerprint density at radius 2 is 1.62 bits per heavy atom. The molecule has 2 unspecified atom stereocenters. The number of guanidine groups is 1. The van der Waals surface area contributed by atoms with Crippen molar-refractivity contribution in [2.45, 2.75) is 31.8 Å². The average molecular weight is 461 g/mol. The van der Waals surface area contributed by atoms with E-state index in [0.717, 1.165) is 16.5 Å². The van der Waals surface area contributed by atoms with Gasteiger partial charge in [-0.1, -0.05) is 48.5 Å². The minimum absolute atomic E-state index is 0.00211. The molecule has 34 heavy (non-hydrogen) atoms. The molecule has 3 aromatic carbocycles. The quantitative estimate of drug-likeness (QED) is 0.210. The fourth-order valence-corrected chi connectivity index (χ4v) is 3.79. The van der Waals surface area contributed by atoms with Gasteiger partial charge < -0.3 is 27.0 Å². The van der Waals surface area contributed by atoms with Crippen molar-refractivity contribution in [3.8, 4) is 0 Å². The molecule has 3 rings (SSSR count). The standard InChI is InChI=1S/C26H32N6O2/c1-18(30-21-11-4-3-5-12-21)25(34)32(2)23(13-8-16-29-26(27)28)24(33)31-22-15-14-19-9-6-7-10-20(19)17-22/h3-7,9-12,14-15,17-18,23,30H,8,13,16H2,1-2H3,(H,31,33)(H4,27,28,29). The van der Waals surface area contributed by atoms with Crippen molar-refractivity contribution >= 4 is 39.9 Å². The van der Waals surface area contributed by atoms with Gasteiger partial charge in [-0.05, 0) is 54.8 Å². The molecule has 2 atom stereocenters. The molecular weight excluding hydrogens is 428 g/mol. The summed E-state index contributed by atoms with van der Waals surface area (Å²) in [5.74, 6) is -0.450. The molecule has 0 aliphatic heterocycles. The van der Waals surface area contributed by atoms with Gasteiger partial charge in [0.25, 0.3) is 0 Å². The number of nitrogens with zero attached hydrogens (tertiary/aromatic N) is 2. The number of aliphatic imine (C=N–C) groups is 1. The second kappa shape index (κ2) is 11.7. The number of nitrogens with one attached hydrogen (secondary N) is 2. The third kappa shape index (κ3) is 6.71. The molecule has 0 saturated heterocycles. The number of rotatable bonds is 10. The van der Waals surface area contributed by atoms with E-state index >= 15 is 0 Å². The number of benzene rings is 3. The fraction of sp³-hybridized carbons (Fsp3) is 0.269. The largest absolute Gasteiger partial charge is 0.374 e. The van der Waals surface area contributed by atoms with Gasteiger partial charge in [0.2, 0.25) is 11.8 Å². The normalized spacial score (nSPS) is 12.4. The van der Waals surface area contributed by atoms with Gasteiger partial charge in [-0.2, -0.15) is 0 Å². The second-order valence-electron chi connectivity index (χ2n) is 8.20. The summed E-state index contributed by atoms with van der Waals surface area (Å²) < 4.78 is 0. The van der Waals surface area contributed by atoms with Crippen molar-refractivity contribution < 1.29 is 9.59 Å². The van der Waals surface area contributed by atoms with Gasteiger partial charge >= 0.3 is 0 Å². The van der Waals surface area contributed by atoms with E-state index in [0.29, 0.717) is 25.1 Å². The maximum Gasteiger partial charge on any atom is 0.247 e. The van der Waals surface area contributed by atoms with Gasteiger partial charge in [0, 0.05) is 25.0 Å². The van der Waals surface area contributed by atoms with Crippen molar-refractivity contribution in [3.05, 3.63) is 72.8 Å². The van der Waals surface area contributed by atoms with E-state index < -0.39 is 12.1 Å². The van der Waals surface area contributed by atoms with Gasteiger partial charge in [-0.25, -0.2) is 0 Å². The zero-order chi connectivity index (χ0) is 24.5. The molecule has 2 amide bonds. The fourth-order valence-electron chi connectivity index (χ4n) is 3.79. The predicted octanol–water partition coefficient (Wildman–Crippen LogP) is 3.16. The Bertz CT molecular complexity index is 1140. The Hall–Kier alpha value is -4.07. The number of hydrogen-bond acceptors (Lipinski definition) is 4. The van der Waals surface area contributed by atoms with Crippen LogP contribution in [0.25, 0.3) is 10.8 Å². The summed E-state index contributed by atoms with van der Waals surface area (Å²) in [5.41, 5.74) is 12.3. The average Bonchev–Trinajstić information content (AvgIpc) is 2.83. The number of amides is 2. The van der Waals surface area contributed by atoms with Gasteiger partial charge in [0.05, 0.1) is 0 Å². The first-order valence-corrected chi connectivity index (χ1v) is 11.3. The number of likely N-dealkylation sites (N-methyl/N-ethyl adjacent to an activating group) is 1. The van der Waals surface area contributed by atoms with Crippen LogP contribution in [0, 0.1) is 0 Å². The highest BCUT2D eigenvalue weighted by Gasteiger charge is 2.29. The molecular formula is C26H32N6O2. The molecule has 3 aromatic rings.